The van der Waals surface area contributed by atoms with E-state index < -0.39 is 0 Å². The zero-order chi connectivity index (χ0) is 20.0. The highest BCUT2D eigenvalue weighted by Crippen LogP contribution is 2.57. The van der Waals surface area contributed by atoms with Gasteiger partial charge in [-0.2, -0.15) is 0 Å². The molecule has 5 nitrogen and oxygen atoms in total. The standard InChI is InChI=1S/C24H21N3O2/c1-2-24(19-9-4-3-5-10-19)22(17-12-14-20(15-13-17)27(28)29)26-16-18-8-6-7-11-21(18)25-23(24)26/h3-15,22H,2,16H2,1H3/t22-,24+/m0/s1. The third-order valence-corrected chi connectivity index (χ3v) is 6.27. The predicted molar refractivity (Wildman–Crippen MR) is 113 cm³/mol. The normalized spacial score (nSPS) is 22.2. The van der Waals surface area contributed by atoms with Gasteiger partial charge in [-0.15, -0.1) is 0 Å². The first-order valence-electron chi connectivity index (χ1n) is 9.88. The monoisotopic (exact) mass is 383 g/mol. The molecule has 5 rings (SSSR count). The molecule has 2 aliphatic rings. The van der Waals surface area contributed by atoms with Crippen LogP contribution in [0.4, 0.5) is 11.4 Å². The van der Waals surface area contributed by atoms with Crippen molar-refractivity contribution < 1.29 is 4.92 Å². The Hall–Kier alpha value is -3.47. The van der Waals surface area contributed by atoms with Crippen LogP contribution in [-0.2, 0) is 12.0 Å². The summed E-state index contributed by atoms with van der Waals surface area (Å²) >= 11 is 0. The molecule has 2 atom stereocenters. The first-order chi connectivity index (χ1) is 14.1. The largest absolute Gasteiger partial charge is 0.346 e. The van der Waals surface area contributed by atoms with Crippen LogP contribution in [0.2, 0.25) is 0 Å². The number of para-hydroxylation sites is 1. The molecule has 2 heterocycles. The van der Waals surface area contributed by atoms with E-state index in [1.165, 1.54) is 11.1 Å². The van der Waals surface area contributed by atoms with Crippen molar-refractivity contribution >= 4 is 17.2 Å². The Morgan fingerprint density at radius 1 is 1.03 bits per heavy atom. The number of nitro groups is 1. The summed E-state index contributed by atoms with van der Waals surface area (Å²) < 4.78 is 0. The fraction of sp³-hybridized carbons (Fsp3) is 0.208. The molecule has 0 aromatic heterocycles. The van der Waals surface area contributed by atoms with Crippen molar-refractivity contribution in [2.45, 2.75) is 31.3 Å². The molecule has 2 aliphatic heterocycles. The van der Waals surface area contributed by atoms with E-state index in [0.717, 1.165) is 30.1 Å². The van der Waals surface area contributed by atoms with Crippen LogP contribution in [0.1, 0.15) is 36.1 Å². The summed E-state index contributed by atoms with van der Waals surface area (Å²) in [6.07, 6.45) is 0.899. The molecule has 1 fully saturated rings. The van der Waals surface area contributed by atoms with Crippen LogP contribution >= 0.6 is 0 Å². The molecule has 0 bridgehead atoms. The van der Waals surface area contributed by atoms with E-state index in [1.807, 2.05) is 30.3 Å². The zero-order valence-electron chi connectivity index (χ0n) is 16.2. The maximum atomic E-state index is 11.1. The number of hydrogen-bond acceptors (Lipinski definition) is 4. The maximum absolute atomic E-state index is 11.1. The van der Waals surface area contributed by atoms with Crippen molar-refractivity contribution in [2.75, 3.05) is 0 Å². The molecule has 0 amide bonds. The second-order valence-corrected chi connectivity index (χ2v) is 7.63. The van der Waals surface area contributed by atoms with Crippen LogP contribution < -0.4 is 0 Å². The third-order valence-electron chi connectivity index (χ3n) is 6.27. The average molecular weight is 383 g/mol. The summed E-state index contributed by atoms with van der Waals surface area (Å²) in [5.41, 5.74) is 4.44. The number of non-ortho nitro benzene ring substituents is 1. The van der Waals surface area contributed by atoms with E-state index in [4.69, 9.17) is 4.99 Å². The highest BCUT2D eigenvalue weighted by Gasteiger charge is 2.59. The number of fused-ring (bicyclic) bond motifs is 2. The number of nitrogens with zero attached hydrogens (tertiary/aromatic N) is 3. The molecule has 5 heteroatoms. The summed E-state index contributed by atoms with van der Waals surface area (Å²) in [4.78, 5) is 18.2. The van der Waals surface area contributed by atoms with Gasteiger partial charge in [0.25, 0.3) is 5.69 Å². The smallest absolute Gasteiger partial charge is 0.269 e. The molecule has 3 aromatic rings. The second-order valence-electron chi connectivity index (χ2n) is 7.63. The van der Waals surface area contributed by atoms with Gasteiger partial charge in [-0.1, -0.05) is 67.6 Å². The Balaban J connectivity index is 1.68. The van der Waals surface area contributed by atoms with E-state index in [1.54, 1.807) is 12.1 Å². The SMILES string of the molecule is CC[C@]1(c2ccccc2)C2=Nc3ccccc3CN2[C@H]1c1ccc([N+](=O)[O-])cc1. The topological polar surface area (TPSA) is 58.7 Å². The highest BCUT2D eigenvalue weighted by molar-refractivity contribution is 6.03. The minimum Gasteiger partial charge on any atom is -0.346 e. The number of hydrogen-bond donors (Lipinski definition) is 0. The lowest BCUT2D eigenvalue weighted by molar-refractivity contribution is -0.384. The summed E-state index contributed by atoms with van der Waals surface area (Å²) in [7, 11) is 0. The molecule has 144 valence electrons. The molecular formula is C24H21N3O2. The minimum atomic E-state index is -0.348. The lowest BCUT2D eigenvalue weighted by Gasteiger charge is -2.61. The average Bonchev–Trinajstić information content (AvgIpc) is 2.76. The Morgan fingerprint density at radius 2 is 1.72 bits per heavy atom. The van der Waals surface area contributed by atoms with Gasteiger partial charge >= 0.3 is 0 Å². The van der Waals surface area contributed by atoms with E-state index in [2.05, 4.69) is 48.2 Å². The van der Waals surface area contributed by atoms with Crippen molar-refractivity contribution in [3.63, 3.8) is 0 Å². The third kappa shape index (κ3) is 2.50. The molecule has 1 saturated heterocycles. The van der Waals surface area contributed by atoms with Gasteiger partial charge in [-0.05, 0) is 29.2 Å². The molecule has 29 heavy (non-hydrogen) atoms. The van der Waals surface area contributed by atoms with Crippen LogP contribution in [-0.4, -0.2) is 15.7 Å². The number of aliphatic imine (C=N–C) groups is 1. The quantitative estimate of drug-likeness (QED) is 0.439. The Kier molecular flexibility index (Phi) is 3.98. The number of amidine groups is 1. The van der Waals surface area contributed by atoms with Crippen LogP contribution in [0.15, 0.2) is 83.9 Å². The van der Waals surface area contributed by atoms with Crippen molar-refractivity contribution in [1.82, 2.24) is 4.90 Å². The van der Waals surface area contributed by atoms with Gasteiger partial charge in [0.15, 0.2) is 0 Å². The highest BCUT2D eigenvalue weighted by atomic mass is 16.6. The molecule has 0 spiro atoms. The zero-order valence-corrected chi connectivity index (χ0v) is 16.2. The summed E-state index contributed by atoms with van der Waals surface area (Å²) in [5, 5.41) is 11.1. The van der Waals surface area contributed by atoms with E-state index in [9.17, 15) is 10.1 Å². The Morgan fingerprint density at radius 3 is 2.41 bits per heavy atom. The first-order valence-corrected chi connectivity index (χ1v) is 9.88. The second kappa shape index (κ2) is 6.55. The first kappa shape index (κ1) is 17.6. The molecule has 0 saturated carbocycles. The molecular weight excluding hydrogens is 362 g/mol. The van der Waals surface area contributed by atoms with E-state index in [0.29, 0.717) is 0 Å². The van der Waals surface area contributed by atoms with Gasteiger partial charge in [0.05, 0.1) is 22.1 Å². The van der Waals surface area contributed by atoms with Crippen molar-refractivity contribution in [1.29, 1.82) is 0 Å². The maximum Gasteiger partial charge on any atom is 0.269 e. The predicted octanol–water partition coefficient (Wildman–Crippen LogP) is 5.54. The van der Waals surface area contributed by atoms with Gasteiger partial charge < -0.3 is 4.90 Å². The van der Waals surface area contributed by atoms with Gasteiger partial charge in [-0.3, -0.25) is 10.1 Å². The lowest BCUT2D eigenvalue weighted by atomic mass is 9.61. The fourth-order valence-electron chi connectivity index (χ4n) is 4.90. The fourth-order valence-corrected chi connectivity index (χ4v) is 4.90. The van der Waals surface area contributed by atoms with Gasteiger partial charge in [-0.25, -0.2) is 4.99 Å². The Bertz CT molecular complexity index is 1110. The van der Waals surface area contributed by atoms with Crippen molar-refractivity contribution in [3.05, 3.63) is 106 Å². The number of nitro benzene ring substituents is 1. The Labute approximate surface area is 169 Å². The van der Waals surface area contributed by atoms with Gasteiger partial charge in [0.1, 0.15) is 5.84 Å². The minimum absolute atomic E-state index is 0.0859. The number of rotatable bonds is 4. The molecule has 0 N–H and O–H groups in total. The lowest BCUT2D eigenvalue weighted by Crippen LogP contribution is -2.66. The number of benzene rings is 3. The van der Waals surface area contributed by atoms with Crippen LogP contribution in [0, 0.1) is 10.1 Å². The van der Waals surface area contributed by atoms with Crippen LogP contribution in [0.5, 0.6) is 0 Å². The molecule has 0 aliphatic carbocycles. The van der Waals surface area contributed by atoms with Gasteiger partial charge in [0, 0.05) is 18.7 Å². The van der Waals surface area contributed by atoms with E-state index >= 15 is 0 Å². The van der Waals surface area contributed by atoms with Crippen molar-refractivity contribution in [3.8, 4) is 0 Å². The summed E-state index contributed by atoms with van der Waals surface area (Å²) in [6.45, 7) is 3.00. The van der Waals surface area contributed by atoms with Crippen molar-refractivity contribution in [2.24, 2.45) is 4.99 Å². The van der Waals surface area contributed by atoms with Crippen LogP contribution in [0.3, 0.4) is 0 Å². The van der Waals surface area contributed by atoms with Gasteiger partial charge in [0.2, 0.25) is 0 Å². The van der Waals surface area contributed by atoms with Crippen LogP contribution in [0.25, 0.3) is 0 Å². The summed E-state index contributed by atoms with van der Waals surface area (Å²) in [6, 6.07) is 25.9. The molecule has 0 radical (unpaired) electrons. The summed E-state index contributed by atoms with van der Waals surface area (Å²) in [5.74, 6) is 1.09. The molecule has 0 unspecified atom stereocenters. The van der Waals surface area contributed by atoms with E-state index in [-0.39, 0.29) is 22.1 Å². The molecule has 3 aromatic carbocycles.